The molecule has 1 aromatic rings. The zero-order valence-corrected chi connectivity index (χ0v) is 10.9. The van der Waals surface area contributed by atoms with Gasteiger partial charge < -0.3 is 20.8 Å². The zero-order valence-electron chi connectivity index (χ0n) is 10.1. The number of halogens is 1. The van der Waals surface area contributed by atoms with Crippen LogP contribution in [0.4, 0.5) is 10.5 Å². The maximum Gasteiger partial charge on any atom is 0.335 e. The molecule has 1 rings (SSSR count). The standard InChI is InChI=1S/C12H11ClN2O5/c1-6(13)5-14-12(20)15-9-3-7(10(16)17)2-8(4-9)11(18)19/h2-4H,1,5H2,(H,16,17)(H,18,19)(H2,14,15,20). The molecule has 0 aliphatic heterocycles. The van der Waals surface area contributed by atoms with Crippen molar-refractivity contribution in [3.63, 3.8) is 0 Å². The van der Waals surface area contributed by atoms with Gasteiger partial charge >= 0.3 is 18.0 Å². The highest BCUT2D eigenvalue weighted by atomic mass is 35.5. The van der Waals surface area contributed by atoms with Crippen LogP contribution in [0.5, 0.6) is 0 Å². The molecular weight excluding hydrogens is 288 g/mol. The molecule has 0 bridgehead atoms. The highest BCUT2D eigenvalue weighted by Gasteiger charge is 2.12. The van der Waals surface area contributed by atoms with Crippen LogP contribution in [0, 0.1) is 0 Å². The van der Waals surface area contributed by atoms with Crippen LogP contribution >= 0.6 is 11.6 Å². The van der Waals surface area contributed by atoms with Crippen molar-refractivity contribution in [3.8, 4) is 0 Å². The molecule has 8 heteroatoms. The number of benzene rings is 1. The first-order valence-corrected chi connectivity index (χ1v) is 5.67. The Morgan fingerprint density at radius 1 is 1.10 bits per heavy atom. The Morgan fingerprint density at radius 3 is 2.00 bits per heavy atom. The van der Waals surface area contributed by atoms with Gasteiger partial charge in [0.25, 0.3) is 0 Å². The van der Waals surface area contributed by atoms with Gasteiger partial charge in [0.15, 0.2) is 0 Å². The van der Waals surface area contributed by atoms with E-state index < -0.39 is 18.0 Å². The van der Waals surface area contributed by atoms with Crippen LogP contribution in [0.2, 0.25) is 0 Å². The van der Waals surface area contributed by atoms with Gasteiger partial charge in [-0.15, -0.1) is 0 Å². The Hall–Kier alpha value is -2.54. The maximum absolute atomic E-state index is 11.5. The lowest BCUT2D eigenvalue weighted by molar-refractivity contribution is 0.0696. The van der Waals surface area contributed by atoms with E-state index in [-0.39, 0.29) is 28.4 Å². The molecule has 0 atom stereocenters. The molecule has 0 aliphatic carbocycles. The van der Waals surface area contributed by atoms with E-state index in [0.29, 0.717) is 0 Å². The van der Waals surface area contributed by atoms with E-state index in [2.05, 4.69) is 17.2 Å². The summed E-state index contributed by atoms with van der Waals surface area (Å²) in [6, 6.07) is 2.62. The third-order valence-electron chi connectivity index (χ3n) is 2.13. The highest BCUT2D eigenvalue weighted by molar-refractivity contribution is 6.29. The number of aromatic carboxylic acids is 2. The van der Waals surface area contributed by atoms with Crippen molar-refractivity contribution in [3.05, 3.63) is 40.9 Å². The number of carboxylic acid groups (broad SMARTS) is 2. The molecule has 20 heavy (non-hydrogen) atoms. The van der Waals surface area contributed by atoms with E-state index in [0.717, 1.165) is 18.2 Å². The van der Waals surface area contributed by atoms with Crippen molar-refractivity contribution >= 4 is 35.3 Å². The summed E-state index contributed by atoms with van der Waals surface area (Å²) in [4.78, 5) is 33.2. The Bertz CT molecular complexity index is 553. The van der Waals surface area contributed by atoms with Gasteiger partial charge in [-0.05, 0) is 18.2 Å². The first-order valence-electron chi connectivity index (χ1n) is 5.29. The highest BCUT2D eigenvalue weighted by Crippen LogP contribution is 2.15. The number of rotatable bonds is 5. The SMILES string of the molecule is C=C(Cl)CNC(=O)Nc1cc(C(=O)O)cc(C(=O)O)c1. The second kappa shape index (κ2) is 6.58. The van der Waals surface area contributed by atoms with Crippen LogP contribution in [0.15, 0.2) is 29.8 Å². The van der Waals surface area contributed by atoms with Gasteiger partial charge in [-0.2, -0.15) is 0 Å². The largest absolute Gasteiger partial charge is 0.478 e. The number of urea groups is 1. The minimum absolute atomic E-state index is 0.0256. The Morgan fingerprint density at radius 2 is 1.60 bits per heavy atom. The first kappa shape index (κ1) is 15.5. The van der Waals surface area contributed by atoms with E-state index >= 15 is 0 Å². The summed E-state index contributed by atoms with van der Waals surface area (Å²) in [5, 5.41) is 22.6. The average molecular weight is 299 g/mol. The molecule has 0 unspecified atom stereocenters. The molecule has 0 spiro atoms. The summed E-state index contributed by atoms with van der Waals surface area (Å²) in [5.41, 5.74) is -0.455. The van der Waals surface area contributed by atoms with Crippen molar-refractivity contribution in [2.75, 3.05) is 11.9 Å². The van der Waals surface area contributed by atoms with Crippen LogP contribution in [0.3, 0.4) is 0 Å². The number of carboxylic acids is 2. The third kappa shape index (κ3) is 4.62. The summed E-state index contributed by atoms with van der Waals surface area (Å²) in [6.07, 6.45) is 0. The third-order valence-corrected chi connectivity index (χ3v) is 2.26. The van der Waals surface area contributed by atoms with Gasteiger partial charge in [-0.25, -0.2) is 14.4 Å². The minimum Gasteiger partial charge on any atom is -0.478 e. The number of nitrogens with one attached hydrogen (secondary N) is 2. The molecule has 106 valence electrons. The summed E-state index contributed by atoms with van der Waals surface area (Å²) >= 11 is 5.47. The molecule has 4 N–H and O–H groups in total. The molecule has 2 amide bonds. The lowest BCUT2D eigenvalue weighted by atomic mass is 10.1. The predicted molar refractivity (Wildman–Crippen MR) is 72.4 cm³/mol. The van der Waals surface area contributed by atoms with Crippen molar-refractivity contribution in [2.45, 2.75) is 0 Å². The molecule has 0 fully saturated rings. The number of hydrogen-bond acceptors (Lipinski definition) is 3. The number of carbonyl (C=O) groups excluding carboxylic acids is 1. The monoisotopic (exact) mass is 298 g/mol. The number of amides is 2. The second-order valence-corrected chi connectivity index (χ2v) is 4.27. The fourth-order valence-electron chi connectivity index (χ4n) is 1.30. The van der Waals surface area contributed by atoms with E-state index in [4.69, 9.17) is 21.8 Å². The van der Waals surface area contributed by atoms with Crippen molar-refractivity contribution in [1.29, 1.82) is 0 Å². The second-order valence-electron chi connectivity index (χ2n) is 3.73. The van der Waals surface area contributed by atoms with Gasteiger partial charge in [-0.1, -0.05) is 18.2 Å². The van der Waals surface area contributed by atoms with E-state index in [1.165, 1.54) is 0 Å². The van der Waals surface area contributed by atoms with Crippen molar-refractivity contribution in [1.82, 2.24) is 5.32 Å². The molecule has 0 radical (unpaired) electrons. The van der Waals surface area contributed by atoms with Crippen LogP contribution in [-0.4, -0.2) is 34.7 Å². The summed E-state index contributed by atoms with van der Waals surface area (Å²) in [7, 11) is 0. The topological polar surface area (TPSA) is 116 Å². The minimum atomic E-state index is -1.30. The van der Waals surface area contributed by atoms with Gasteiger partial charge in [0.1, 0.15) is 0 Å². The fraction of sp³-hybridized carbons (Fsp3) is 0.0833. The van der Waals surface area contributed by atoms with Gasteiger partial charge in [0, 0.05) is 10.7 Å². The number of anilines is 1. The van der Waals surface area contributed by atoms with Gasteiger partial charge in [0.2, 0.25) is 0 Å². The molecule has 0 saturated carbocycles. The summed E-state index contributed by atoms with van der Waals surface area (Å²) in [5.74, 6) is -2.60. The zero-order chi connectivity index (χ0) is 15.3. The Kier molecular flexibility index (Phi) is 5.10. The number of carbonyl (C=O) groups is 3. The van der Waals surface area contributed by atoms with Crippen molar-refractivity contribution < 1.29 is 24.6 Å². The van der Waals surface area contributed by atoms with E-state index in [1.807, 2.05) is 0 Å². The van der Waals surface area contributed by atoms with Crippen LogP contribution in [-0.2, 0) is 0 Å². The summed E-state index contributed by atoms with van der Waals surface area (Å²) < 4.78 is 0. The first-order chi connectivity index (χ1) is 9.29. The fourth-order valence-corrected chi connectivity index (χ4v) is 1.37. The lowest BCUT2D eigenvalue weighted by Crippen LogP contribution is -2.29. The van der Waals surface area contributed by atoms with Crippen LogP contribution < -0.4 is 10.6 Å². The maximum atomic E-state index is 11.5. The molecule has 0 aromatic heterocycles. The number of hydrogen-bond donors (Lipinski definition) is 4. The van der Waals surface area contributed by atoms with Crippen molar-refractivity contribution in [2.24, 2.45) is 0 Å². The Balaban J connectivity index is 2.94. The van der Waals surface area contributed by atoms with Crippen LogP contribution in [0.1, 0.15) is 20.7 Å². The van der Waals surface area contributed by atoms with Crippen LogP contribution in [0.25, 0.3) is 0 Å². The molecule has 0 aliphatic rings. The molecule has 0 saturated heterocycles. The molecule has 7 nitrogen and oxygen atoms in total. The quantitative estimate of drug-likeness (QED) is 0.663. The normalized spacial score (nSPS) is 9.65. The smallest absolute Gasteiger partial charge is 0.335 e. The van der Waals surface area contributed by atoms with Gasteiger partial charge in [0.05, 0.1) is 17.7 Å². The summed E-state index contributed by atoms with van der Waals surface area (Å²) in [6.45, 7) is 3.40. The molecule has 0 heterocycles. The van der Waals surface area contributed by atoms with E-state index in [9.17, 15) is 14.4 Å². The average Bonchev–Trinajstić information content (AvgIpc) is 2.35. The van der Waals surface area contributed by atoms with Gasteiger partial charge in [-0.3, -0.25) is 0 Å². The molecular formula is C12H11ClN2O5. The predicted octanol–water partition coefficient (Wildman–Crippen LogP) is 1.96. The lowest BCUT2D eigenvalue weighted by Gasteiger charge is -2.08. The Labute approximate surface area is 118 Å². The molecule has 1 aromatic carbocycles. The van der Waals surface area contributed by atoms with E-state index in [1.54, 1.807) is 0 Å².